The van der Waals surface area contributed by atoms with Gasteiger partial charge >= 0.3 is 0 Å². The lowest BCUT2D eigenvalue weighted by atomic mass is 9.78. The predicted molar refractivity (Wildman–Crippen MR) is 60.6 cm³/mol. The van der Waals surface area contributed by atoms with Crippen molar-refractivity contribution in [1.82, 2.24) is 5.32 Å². The van der Waals surface area contributed by atoms with Gasteiger partial charge in [0, 0.05) is 7.11 Å². The summed E-state index contributed by atoms with van der Waals surface area (Å²) in [6, 6.07) is 2.26. The third-order valence-electron chi connectivity index (χ3n) is 3.43. The second-order valence-corrected chi connectivity index (χ2v) is 4.74. The van der Waals surface area contributed by atoms with Crippen LogP contribution in [0.4, 0.5) is 0 Å². The minimum atomic E-state index is -0.670. The Morgan fingerprint density at radius 1 is 1.56 bits per heavy atom. The highest BCUT2D eigenvalue weighted by Gasteiger charge is 2.36. The Balaban J connectivity index is 2.62. The van der Waals surface area contributed by atoms with Crippen molar-refractivity contribution in [2.75, 3.05) is 7.11 Å². The van der Waals surface area contributed by atoms with Crippen LogP contribution in [0.15, 0.2) is 0 Å². The molecule has 0 spiro atoms. The summed E-state index contributed by atoms with van der Waals surface area (Å²) in [4.78, 5) is 11.7. The molecule has 0 bridgehead atoms. The largest absolute Gasteiger partial charge is 0.372 e. The highest BCUT2D eigenvalue weighted by molar-refractivity contribution is 5.81. The van der Waals surface area contributed by atoms with E-state index in [4.69, 9.17) is 4.74 Å². The van der Waals surface area contributed by atoms with Crippen LogP contribution in [-0.2, 0) is 9.53 Å². The molecule has 1 saturated carbocycles. The van der Waals surface area contributed by atoms with Gasteiger partial charge in [-0.3, -0.25) is 4.79 Å². The van der Waals surface area contributed by atoms with Gasteiger partial charge in [-0.2, -0.15) is 5.26 Å². The summed E-state index contributed by atoms with van der Waals surface area (Å²) in [5.41, 5.74) is -0.670. The predicted octanol–water partition coefficient (Wildman–Crippen LogP) is 1.61. The van der Waals surface area contributed by atoms with Gasteiger partial charge in [0.25, 0.3) is 0 Å². The first-order valence-corrected chi connectivity index (χ1v) is 5.79. The molecule has 1 aliphatic rings. The molecule has 4 heteroatoms. The Hall–Kier alpha value is -1.08. The van der Waals surface area contributed by atoms with Crippen molar-refractivity contribution in [3.05, 3.63) is 0 Å². The quantitative estimate of drug-likeness (QED) is 0.792. The molecular weight excluding hydrogens is 204 g/mol. The third-order valence-corrected chi connectivity index (χ3v) is 3.43. The summed E-state index contributed by atoms with van der Waals surface area (Å²) in [6.45, 7) is 3.87. The van der Waals surface area contributed by atoms with Gasteiger partial charge in [-0.25, -0.2) is 0 Å². The fourth-order valence-corrected chi connectivity index (χ4v) is 1.96. The second-order valence-electron chi connectivity index (χ2n) is 4.74. The van der Waals surface area contributed by atoms with E-state index < -0.39 is 11.6 Å². The van der Waals surface area contributed by atoms with Crippen molar-refractivity contribution >= 4 is 5.91 Å². The van der Waals surface area contributed by atoms with Crippen LogP contribution in [0.3, 0.4) is 0 Å². The van der Waals surface area contributed by atoms with Crippen LogP contribution in [0, 0.1) is 17.2 Å². The number of hydrogen-bond donors (Lipinski definition) is 1. The molecule has 1 unspecified atom stereocenters. The summed E-state index contributed by atoms with van der Waals surface area (Å²) in [5, 5.41) is 12.1. The fraction of sp³-hybridized carbons (Fsp3) is 0.833. The average molecular weight is 224 g/mol. The standard InChI is InChI=1S/C12H20N2O2/c1-9-4-6-12(8-13,7-5-9)14-11(15)10(2)16-3/h9-10H,4-7H2,1-3H3,(H,14,15). The zero-order chi connectivity index (χ0) is 12.2. The van der Waals surface area contributed by atoms with Gasteiger partial charge in [0.05, 0.1) is 6.07 Å². The molecule has 0 saturated heterocycles. The first-order valence-electron chi connectivity index (χ1n) is 5.79. The van der Waals surface area contributed by atoms with Gasteiger partial charge in [-0.05, 0) is 38.5 Å². The molecule has 90 valence electrons. The molecule has 1 rings (SSSR count). The number of amides is 1. The Kier molecular flexibility index (Phi) is 4.31. The van der Waals surface area contributed by atoms with Crippen molar-refractivity contribution in [2.24, 2.45) is 5.92 Å². The maximum atomic E-state index is 11.7. The van der Waals surface area contributed by atoms with E-state index in [2.05, 4.69) is 18.3 Å². The number of nitrogens with zero attached hydrogens (tertiary/aromatic N) is 1. The second kappa shape index (κ2) is 5.31. The van der Waals surface area contributed by atoms with Gasteiger partial charge in [-0.1, -0.05) is 6.92 Å². The van der Waals surface area contributed by atoms with Gasteiger partial charge in [0.1, 0.15) is 11.6 Å². The normalized spacial score (nSPS) is 31.5. The number of carbonyl (C=O) groups is 1. The third kappa shape index (κ3) is 2.96. The number of ether oxygens (including phenoxy) is 1. The molecule has 0 aromatic carbocycles. The fourth-order valence-electron chi connectivity index (χ4n) is 1.96. The van der Waals surface area contributed by atoms with Crippen LogP contribution in [-0.4, -0.2) is 24.7 Å². The van der Waals surface area contributed by atoms with Gasteiger partial charge in [-0.15, -0.1) is 0 Å². The smallest absolute Gasteiger partial charge is 0.250 e. The first-order chi connectivity index (χ1) is 7.53. The van der Waals surface area contributed by atoms with E-state index in [1.165, 1.54) is 7.11 Å². The molecular formula is C12H20N2O2. The number of carbonyl (C=O) groups excluding carboxylic acids is 1. The summed E-state index contributed by atoms with van der Waals surface area (Å²) in [6.07, 6.45) is 2.98. The monoisotopic (exact) mass is 224 g/mol. The minimum absolute atomic E-state index is 0.196. The molecule has 1 fully saturated rings. The van der Waals surface area contributed by atoms with Crippen LogP contribution >= 0.6 is 0 Å². The van der Waals surface area contributed by atoms with E-state index in [1.807, 2.05) is 0 Å². The summed E-state index contributed by atoms with van der Waals surface area (Å²) < 4.78 is 4.94. The van der Waals surface area contributed by atoms with E-state index >= 15 is 0 Å². The van der Waals surface area contributed by atoms with E-state index in [9.17, 15) is 10.1 Å². The number of hydrogen-bond acceptors (Lipinski definition) is 3. The molecule has 0 aromatic heterocycles. The lowest BCUT2D eigenvalue weighted by Gasteiger charge is -2.34. The Morgan fingerprint density at radius 2 is 2.12 bits per heavy atom. The van der Waals surface area contributed by atoms with Crippen LogP contribution in [0.1, 0.15) is 39.5 Å². The van der Waals surface area contributed by atoms with Crippen LogP contribution in [0.2, 0.25) is 0 Å². The number of nitrogens with one attached hydrogen (secondary N) is 1. The zero-order valence-corrected chi connectivity index (χ0v) is 10.2. The summed E-state index contributed by atoms with van der Waals surface area (Å²) in [7, 11) is 1.49. The van der Waals surface area contributed by atoms with Gasteiger partial charge in [0.2, 0.25) is 5.91 Å². The van der Waals surface area contributed by atoms with Crippen molar-refractivity contribution < 1.29 is 9.53 Å². The van der Waals surface area contributed by atoms with E-state index in [0.29, 0.717) is 5.92 Å². The number of nitriles is 1. The lowest BCUT2D eigenvalue weighted by molar-refractivity contribution is -0.131. The average Bonchev–Trinajstić information content (AvgIpc) is 2.31. The van der Waals surface area contributed by atoms with E-state index in [0.717, 1.165) is 25.7 Å². The number of methoxy groups -OCH3 is 1. The molecule has 1 N–H and O–H groups in total. The van der Waals surface area contributed by atoms with Crippen LogP contribution in [0.5, 0.6) is 0 Å². The lowest BCUT2D eigenvalue weighted by Crippen LogP contribution is -2.52. The molecule has 1 atom stereocenters. The van der Waals surface area contributed by atoms with E-state index in [1.54, 1.807) is 6.92 Å². The van der Waals surface area contributed by atoms with Crippen molar-refractivity contribution in [1.29, 1.82) is 5.26 Å². The van der Waals surface area contributed by atoms with Crippen molar-refractivity contribution in [3.8, 4) is 6.07 Å². The molecule has 1 aliphatic carbocycles. The zero-order valence-electron chi connectivity index (χ0n) is 10.2. The minimum Gasteiger partial charge on any atom is -0.372 e. The Labute approximate surface area is 97.0 Å². The maximum Gasteiger partial charge on any atom is 0.250 e. The maximum absolute atomic E-state index is 11.7. The molecule has 0 heterocycles. The van der Waals surface area contributed by atoms with Crippen LogP contribution < -0.4 is 5.32 Å². The molecule has 0 aliphatic heterocycles. The van der Waals surface area contributed by atoms with E-state index in [-0.39, 0.29) is 5.91 Å². The highest BCUT2D eigenvalue weighted by Crippen LogP contribution is 2.31. The number of rotatable bonds is 3. The highest BCUT2D eigenvalue weighted by atomic mass is 16.5. The summed E-state index contributed by atoms with van der Waals surface area (Å²) >= 11 is 0. The Bertz CT molecular complexity index is 288. The van der Waals surface area contributed by atoms with Gasteiger partial charge in [0.15, 0.2) is 0 Å². The van der Waals surface area contributed by atoms with Crippen molar-refractivity contribution in [2.45, 2.75) is 51.2 Å². The van der Waals surface area contributed by atoms with Gasteiger partial charge < -0.3 is 10.1 Å². The molecule has 4 nitrogen and oxygen atoms in total. The molecule has 0 aromatic rings. The summed E-state index contributed by atoms with van der Waals surface area (Å²) in [5.74, 6) is 0.455. The molecule has 1 amide bonds. The SMILES string of the molecule is COC(C)C(=O)NC1(C#N)CCC(C)CC1. The Morgan fingerprint density at radius 3 is 2.56 bits per heavy atom. The van der Waals surface area contributed by atoms with Crippen LogP contribution in [0.25, 0.3) is 0 Å². The topological polar surface area (TPSA) is 62.1 Å². The molecule has 16 heavy (non-hydrogen) atoms. The van der Waals surface area contributed by atoms with Crippen molar-refractivity contribution in [3.63, 3.8) is 0 Å². The first kappa shape index (κ1) is 13.0. The molecule has 0 radical (unpaired) electrons.